The molecule has 2 aliphatic carbocycles. The van der Waals surface area contributed by atoms with Crippen LogP contribution in [0.2, 0.25) is 5.02 Å². The van der Waals surface area contributed by atoms with Crippen molar-refractivity contribution in [3.63, 3.8) is 0 Å². The smallest absolute Gasteiger partial charge is 0.123 e. The second-order valence-corrected chi connectivity index (χ2v) is 7.41. The number of carbonyl (C=O) groups excluding carboxylic acids is 1. The molecule has 0 amide bonds. The fraction of sp³-hybridized carbons (Fsp3) is 0.632. The van der Waals surface area contributed by atoms with Gasteiger partial charge in [-0.1, -0.05) is 23.7 Å². The highest BCUT2D eigenvalue weighted by Gasteiger charge is 2.31. The van der Waals surface area contributed by atoms with E-state index in [1.807, 2.05) is 12.1 Å². The van der Waals surface area contributed by atoms with Gasteiger partial charge in [0.05, 0.1) is 0 Å². The second kappa shape index (κ2) is 6.96. The minimum Gasteiger partial charge on any atom is -0.303 e. The fourth-order valence-electron chi connectivity index (χ4n) is 4.41. The van der Waals surface area contributed by atoms with Crippen LogP contribution in [0.15, 0.2) is 24.3 Å². The number of carbonyl (C=O) groups is 1. The summed E-state index contributed by atoms with van der Waals surface area (Å²) in [5.41, 5.74) is 1.46. The van der Waals surface area contributed by atoms with Crippen molar-refractivity contribution in [1.29, 1.82) is 0 Å². The van der Waals surface area contributed by atoms with Gasteiger partial charge < -0.3 is 4.79 Å². The average molecular weight is 305 g/mol. The molecular formula is C19H25ClO. The van der Waals surface area contributed by atoms with Crippen molar-refractivity contribution in [1.82, 2.24) is 0 Å². The SMILES string of the molecule is O=C[C@H]1CC[C@H]([C@H]2CC[C@H](c3ccc(Cl)cc3)CC2)CC1. The van der Waals surface area contributed by atoms with E-state index in [-0.39, 0.29) is 0 Å². The molecule has 21 heavy (non-hydrogen) atoms. The van der Waals surface area contributed by atoms with E-state index < -0.39 is 0 Å². The molecule has 0 unspecified atom stereocenters. The molecular weight excluding hydrogens is 280 g/mol. The van der Waals surface area contributed by atoms with Gasteiger partial charge in [0.1, 0.15) is 6.29 Å². The summed E-state index contributed by atoms with van der Waals surface area (Å²) in [6, 6.07) is 8.43. The van der Waals surface area contributed by atoms with Crippen LogP contribution >= 0.6 is 11.6 Å². The molecule has 0 radical (unpaired) electrons. The van der Waals surface area contributed by atoms with Gasteiger partial charge in [-0.15, -0.1) is 0 Å². The van der Waals surface area contributed by atoms with Crippen LogP contribution in [0.5, 0.6) is 0 Å². The lowest BCUT2D eigenvalue weighted by molar-refractivity contribution is -0.112. The van der Waals surface area contributed by atoms with Crippen LogP contribution in [0, 0.1) is 17.8 Å². The predicted molar refractivity (Wildman–Crippen MR) is 87.7 cm³/mol. The number of hydrogen-bond acceptors (Lipinski definition) is 1. The minimum atomic E-state index is 0.353. The predicted octanol–water partition coefficient (Wildman–Crippen LogP) is 5.62. The molecule has 3 rings (SSSR count). The Bertz CT molecular complexity index is 451. The van der Waals surface area contributed by atoms with Crippen LogP contribution in [0.4, 0.5) is 0 Å². The van der Waals surface area contributed by atoms with Crippen molar-refractivity contribution in [3.8, 4) is 0 Å². The van der Waals surface area contributed by atoms with Crippen molar-refractivity contribution in [3.05, 3.63) is 34.9 Å². The van der Waals surface area contributed by atoms with Crippen LogP contribution in [-0.4, -0.2) is 6.29 Å². The molecule has 0 bridgehead atoms. The van der Waals surface area contributed by atoms with Crippen molar-refractivity contribution in [2.75, 3.05) is 0 Å². The molecule has 0 aliphatic heterocycles. The number of hydrogen-bond donors (Lipinski definition) is 0. The van der Waals surface area contributed by atoms with Gasteiger partial charge in [-0.3, -0.25) is 0 Å². The van der Waals surface area contributed by atoms with Crippen molar-refractivity contribution < 1.29 is 4.79 Å². The monoisotopic (exact) mass is 304 g/mol. The summed E-state index contributed by atoms with van der Waals surface area (Å²) in [4.78, 5) is 10.9. The maximum atomic E-state index is 10.9. The van der Waals surface area contributed by atoms with Crippen LogP contribution in [0.25, 0.3) is 0 Å². The lowest BCUT2D eigenvalue weighted by Gasteiger charge is -2.37. The first-order chi connectivity index (χ1) is 10.3. The third-order valence-electron chi connectivity index (χ3n) is 5.79. The zero-order valence-corrected chi connectivity index (χ0v) is 13.4. The average Bonchev–Trinajstić information content (AvgIpc) is 2.56. The van der Waals surface area contributed by atoms with Crippen LogP contribution < -0.4 is 0 Å². The van der Waals surface area contributed by atoms with Crippen molar-refractivity contribution >= 4 is 17.9 Å². The first kappa shape index (κ1) is 15.1. The molecule has 0 spiro atoms. The largest absolute Gasteiger partial charge is 0.303 e. The summed E-state index contributed by atoms with van der Waals surface area (Å²) in [7, 11) is 0. The van der Waals surface area contributed by atoms with Crippen molar-refractivity contribution in [2.24, 2.45) is 17.8 Å². The molecule has 2 aliphatic rings. The van der Waals surface area contributed by atoms with E-state index >= 15 is 0 Å². The van der Waals surface area contributed by atoms with E-state index in [1.54, 1.807) is 0 Å². The zero-order valence-electron chi connectivity index (χ0n) is 12.6. The molecule has 2 saturated carbocycles. The van der Waals surface area contributed by atoms with Gasteiger partial charge in [-0.25, -0.2) is 0 Å². The number of aldehydes is 1. The topological polar surface area (TPSA) is 17.1 Å². The first-order valence-electron chi connectivity index (χ1n) is 8.47. The van der Waals surface area contributed by atoms with Gasteiger partial charge in [-0.2, -0.15) is 0 Å². The van der Waals surface area contributed by atoms with Crippen molar-refractivity contribution in [2.45, 2.75) is 57.3 Å². The zero-order chi connectivity index (χ0) is 14.7. The van der Waals surface area contributed by atoms with Gasteiger partial charge in [0.15, 0.2) is 0 Å². The maximum Gasteiger partial charge on any atom is 0.123 e. The Morgan fingerprint density at radius 1 is 0.810 bits per heavy atom. The number of halogens is 1. The summed E-state index contributed by atoms with van der Waals surface area (Å²) in [6.45, 7) is 0. The minimum absolute atomic E-state index is 0.353. The van der Waals surface area contributed by atoms with Gasteiger partial charge >= 0.3 is 0 Å². The molecule has 1 aromatic carbocycles. The Labute approximate surface area is 133 Å². The Morgan fingerprint density at radius 3 is 1.86 bits per heavy atom. The molecule has 0 saturated heterocycles. The molecule has 0 heterocycles. The molecule has 1 nitrogen and oxygen atoms in total. The summed E-state index contributed by atoms with van der Waals surface area (Å²) >= 11 is 5.97. The van der Waals surface area contributed by atoms with Crippen LogP contribution in [0.1, 0.15) is 62.8 Å². The first-order valence-corrected chi connectivity index (χ1v) is 8.85. The van der Waals surface area contributed by atoms with Gasteiger partial charge in [0.2, 0.25) is 0 Å². The van der Waals surface area contributed by atoms with E-state index in [0.29, 0.717) is 5.92 Å². The highest BCUT2D eigenvalue weighted by molar-refractivity contribution is 6.30. The summed E-state index contributed by atoms with van der Waals surface area (Å²) in [5, 5.41) is 0.833. The molecule has 0 N–H and O–H groups in total. The Kier molecular flexibility index (Phi) is 5.00. The molecule has 0 aromatic heterocycles. The summed E-state index contributed by atoms with van der Waals surface area (Å²) in [6.07, 6.45) is 11.4. The third-order valence-corrected chi connectivity index (χ3v) is 6.04. The molecule has 1 aromatic rings. The Hall–Kier alpha value is -0.820. The van der Waals surface area contributed by atoms with E-state index in [0.717, 1.165) is 35.6 Å². The molecule has 0 atom stereocenters. The van der Waals surface area contributed by atoms with Gasteiger partial charge in [-0.05, 0) is 86.8 Å². The van der Waals surface area contributed by atoms with E-state index in [1.165, 1.54) is 50.4 Å². The Morgan fingerprint density at radius 2 is 1.33 bits per heavy atom. The highest BCUT2D eigenvalue weighted by Crippen LogP contribution is 2.43. The van der Waals surface area contributed by atoms with E-state index in [4.69, 9.17) is 11.6 Å². The lowest BCUT2D eigenvalue weighted by atomic mass is 9.68. The standard InChI is InChI=1S/C19H25ClO/c20-19-11-9-18(10-12-19)17-7-5-16(6-8-17)15-3-1-14(13-21)2-4-15/h9-17H,1-8H2/t14-,15-,16-,17-. The number of rotatable bonds is 3. The fourth-order valence-corrected chi connectivity index (χ4v) is 4.54. The van der Waals surface area contributed by atoms with Gasteiger partial charge in [0.25, 0.3) is 0 Å². The Balaban J connectivity index is 1.51. The van der Waals surface area contributed by atoms with Crippen LogP contribution in [0.3, 0.4) is 0 Å². The quantitative estimate of drug-likeness (QED) is 0.662. The number of benzene rings is 1. The normalized spacial score (nSPS) is 33.6. The molecule has 2 fully saturated rings. The summed E-state index contributed by atoms with van der Waals surface area (Å²) < 4.78 is 0. The summed E-state index contributed by atoms with van der Waals surface area (Å²) in [5.74, 6) is 2.87. The van der Waals surface area contributed by atoms with Crippen LogP contribution in [-0.2, 0) is 4.79 Å². The van der Waals surface area contributed by atoms with E-state index in [9.17, 15) is 4.79 Å². The molecule has 2 heteroatoms. The lowest BCUT2D eigenvalue weighted by Crippen LogP contribution is -2.25. The maximum absolute atomic E-state index is 10.9. The highest BCUT2D eigenvalue weighted by atomic mass is 35.5. The van der Waals surface area contributed by atoms with Gasteiger partial charge in [0, 0.05) is 10.9 Å². The third kappa shape index (κ3) is 3.69. The van der Waals surface area contributed by atoms with E-state index in [2.05, 4.69) is 12.1 Å². The second-order valence-electron chi connectivity index (χ2n) is 6.97. The molecule has 114 valence electrons.